The molecular weight excluding hydrogens is 182 g/mol. The van der Waals surface area contributed by atoms with Crippen molar-refractivity contribution < 1.29 is 0 Å². The highest BCUT2D eigenvalue weighted by Gasteiger charge is 2.20. The van der Waals surface area contributed by atoms with Crippen LogP contribution < -0.4 is 5.32 Å². The van der Waals surface area contributed by atoms with Gasteiger partial charge in [-0.1, -0.05) is 42.8 Å². The molecule has 15 heavy (non-hydrogen) atoms. The molecule has 1 aliphatic rings. The van der Waals surface area contributed by atoms with Crippen molar-refractivity contribution in [3.63, 3.8) is 0 Å². The summed E-state index contributed by atoms with van der Waals surface area (Å²) in [5.74, 6) is 0. The summed E-state index contributed by atoms with van der Waals surface area (Å²) in [5, 5.41) is 3.70. The van der Waals surface area contributed by atoms with Crippen LogP contribution in [0.15, 0.2) is 43.0 Å². The van der Waals surface area contributed by atoms with E-state index in [-0.39, 0.29) is 0 Å². The lowest BCUT2D eigenvalue weighted by atomic mass is 9.92. The van der Waals surface area contributed by atoms with Crippen LogP contribution in [0.5, 0.6) is 0 Å². The van der Waals surface area contributed by atoms with Crippen molar-refractivity contribution in [1.82, 2.24) is 5.32 Å². The Bertz CT molecular complexity index is 304. The Morgan fingerprint density at radius 2 is 2.07 bits per heavy atom. The second kappa shape index (κ2) is 5.13. The maximum atomic E-state index is 3.81. The fraction of sp³-hybridized carbons (Fsp3) is 0.429. The molecule has 0 saturated carbocycles. The van der Waals surface area contributed by atoms with Crippen molar-refractivity contribution in [2.45, 2.75) is 37.8 Å². The van der Waals surface area contributed by atoms with Gasteiger partial charge in [0, 0.05) is 12.1 Å². The van der Waals surface area contributed by atoms with Gasteiger partial charge in [-0.2, -0.15) is 0 Å². The summed E-state index contributed by atoms with van der Waals surface area (Å²) in [6.07, 6.45) is 6.98. The molecule has 0 amide bonds. The van der Waals surface area contributed by atoms with Gasteiger partial charge < -0.3 is 5.32 Å². The molecule has 1 heterocycles. The lowest BCUT2D eigenvalue weighted by Crippen LogP contribution is -2.36. The Kier molecular flexibility index (Phi) is 3.57. The predicted molar refractivity (Wildman–Crippen MR) is 64.8 cm³/mol. The lowest BCUT2D eigenvalue weighted by molar-refractivity contribution is 0.326. The van der Waals surface area contributed by atoms with E-state index in [1.54, 1.807) is 0 Å². The van der Waals surface area contributed by atoms with Crippen LogP contribution >= 0.6 is 0 Å². The molecule has 1 heteroatoms. The fourth-order valence-electron chi connectivity index (χ4n) is 2.35. The number of hydrogen-bond donors (Lipinski definition) is 1. The molecule has 1 aliphatic heterocycles. The third kappa shape index (κ3) is 2.69. The summed E-state index contributed by atoms with van der Waals surface area (Å²) in [7, 11) is 0. The molecule has 1 aromatic rings. The molecule has 1 fully saturated rings. The average Bonchev–Trinajstić information content (AvgIpc) is 2.31. The second-order valence-electron chi connectivity index (χ2n) is 4.28. The molecule has 0 unspecified atom stereocenters. The standard InChI is InChI=1S/C14H19N/c1-2-7-13-10-6-11-14(15-13)12-8-4-3-5-9-12/h2-5,8-9,13-15H,1,6-7,10-11H2/t13-,14+/m1/s1. The molecule has 0 aliphatic carbocycles. The van der Waals surface area contributed by atoms with Gasteiger partial charge in [0.25, 0.3) is 0 Å². The largest absolute Gasteiger partial charge is 0.307 e. The highest BCUT2D eigenvalue weighted by Crippen LogP contribution is 2.26. The minimum Gasteiger partial charge on any atom is -0.307 e. The number of piperidine rings is 1. The van der Waals surface area contributed by atoms with Crippen LogP contribution in [0.4, 0.5) is 0 Å². The Labute approximate surface area is 92.2 Å². The van der Waals surface area contributed by atoms with Gasteiger partial charge >= 0.3 is 0 Å². The van der Waals surface area contributed by atoms with E-state index in [0.29, 0.717) is 12.1 Å². The van der Waals surface area contributed by atoms with Gasteiger partial charge in [0.1, 0.15) is 0 Å². The lowest BCUT2D eigenvalue weighted by Gasteiger charge is -2.30. The van der Waals surface area contributed by atoms with E-state index in [0.717, 1.165) is 6.42 Å². The number of benzene rings is 1. The van der Waals surface area contributed by atoms with Crippen molar-refractivity contribution in [2.75, 3.05) is 0 Å². The van der Waals surface area contributed by atoms with Gasteiger partial charge in [0.15, 0.2) is 0 Å². The Morgan fingerprint density at radius 1 is 1.27 bits per heavy atom. The second-order valence-corrected chi connectivity index (χ2v) is 4.28. The molecule has 1 aromatic carbocycles. The summed E-state index contributed by atoms with van der Waals surface area (Å²) in [6, 6.07) is 11.9. The summed E-state index contributed by atoms with van der Waals surface area (Å²) >= 11 is 0. The van der Waals surface area contributed by atoms with E-state index in [2.05, 4.69) is 42.2 Å². The zero-order chi connectivity index (χ0) is 10.5. The van der Waals surface area contributed by atoms with Crippen molar-refractivity contribution in [3.05, 3.63) is 48.6 Å². The van der Waals surface area contributed by atoms with Crippen molar-refractivity contribution in [2.24, 2.45) is 0 Å². The van der Waals surface area contributed by atoms with E-state index < -0.39 is 0 Å². The minimum atomic E-state index is 0.546. The molecule has 2 rings (SSSR count). The molecule has 1 nitrogen and oxygen atoms in total. The van der Waals surface area contributed by atoms with E-state index in [9.17, 15) is 0 Å². The summed E-state index contributed by atoms with van der Waals surface area (Å²) < 4.78 is 0. The van der Waals surface area contributed by atoms with Crippen LogP contribution in [0, 0.1) is 0 Å². The molecule has 0 spiro atoms. The molecular formula is C14H19N. The summed E-state index contributed by atoms with van der Waals surface area (Å²) in [6.45, 7) is 3.81. The monoisotopic (exact) mass is 201 g/mol. The van der Waals surface area contributed by atoms with Crippen LogP contribution in [0.2, 0.25) is 0 Å². The van der Waals surface area contributed by atoms with Gasteiger partial charge in [-0.15, -0.1) is 6.58 Å². The van der Waals surface area contributed by atoms with Crippen LogP contribution in [-0.4, -0.2) is 6.04 Å². The zero-order valence-corrected chi connectivity index (χ0v) is 9.15. The predicted octanol–water partition coefficient (Wildman–Crippen LogP) is 3.45. The Balaban J connectivity index is 2.01. The van der Waals surface area contributed by atoms with E-state index in [1.807, 2.05) is 6.08 Å². The van der Waals surface area contributed by atoms with Crippen LogP contribution in [0.25, 0.3) is 0 Å². The highest BCUT2D eigenvalue weighted by molar-refractivity contribution is 5.19. The van der Waals surface area contributed by atoms with E-state index in [4.69, 9.17) is 0 Å². The molecule has 1 N–H and O–H groups in total. The molecule has 0 radical (unpaired) electrons. The van der Waals surface area contributed by atoms with Crippen LogP contribution in [-0.2, 0) is 0 Å². The SMILES string of the molecule is C=CC[C@@H]1CCC[C@@H](c2ccccc2)N1. The number of nitrogens with one attached hydrogen (secondary N) is 1. The topological polar surface area (TPSA) is 12.0 Å². The van der Waals surface area contributed by atoms with Gasteiger partial charge in [-0.3, -0.25) is 0 Å². The van der Waals surface area contributed by atoms with Crippen LogP contribution in [0.1, 0.15) is 37.3 Å². The summed E-state index contributed by atoms with van der Waals surface area (Å²) in [4.78, 5) is 0. The Hall–Kier alpha value is -1.08. The molecule has 0 bridgehead atoms. The van der Waals surface area contributed by atoms with Crippen molar-refractivity contribution in [1.29, 1.82) is 0 Å². The van der Waals surface area contributed by atoms with Crippen molar-refractivity contribution in [3.8, 4) is 0 Å². The van der Waals surface area contributed by atoms with E-state index in [1.165, 1.54) is 24.8 Å². The quantitative estimate of drug-likeness (QED) is 0.739. The van der Waals surface area contributed by atoms with Gasteiger partial charge in [-0.05, 0) is 24.8 Å². The first-order valence-corrected chi connectivity index (χ1v) is 5.82. The summed E-state index contributed by atoms with van der Waals surface area (Å²) in [5.41, 5.74) is 1.42. The fourth-order valence-corrected chi connectivity index (χ4v) is 2.35. The number of hydrogen-bond acceptors (Lipinski definition) is 1. The average molecular weight is 201 g/mol. The molecule has 2 atom stereocenters. The zero-order valence-electron chi connectivity index (χ0n) is 9.15. The number of rotatable bonds is 3. The van der Waals surface area contributed by atoms with Crippen molar-refractivity contribution >= 4 is 0 Å². The Morgan fingerprint density at radius 3 is 2.80 bits per heavy atom. The van der Waals surface area contributed by atoms with Gasteiger partial charge in [0.05, 0.1) is 0 Å². The first-order chi connectivity index (χ1) is 7.40. The van der Waals surface area contributed by atoms with Gasteiger partial charge in [-0.25, -0.2) is 0 Å². The third-order valence-electron chi connectivity index (χ3n) is 3.14. The van der Waals surface area contributed by atoms with E-state index >= 15 is 0 Å². The van der Waals surface area contributed by atoms with Gasteiger partial charge in [0.2, 0.25) is 0 Å². The molecule has 80 valence electrons. The maximum absolute atomic E-state index is 3.81. The third-order valence-corrected chi connectivity index (χ3v) is 3.14. The molecule has 0 aromatic heterocycles. The normalized spacial score (nSPS) is 26.1. The minimum absolute atomic E-state index is 0.546. The first kappa shape index (κ1) is 10.4. The first-order valence-electron chi connectivity index (χ1n) is 5.82. The smallest absolute Gasteiger partial charge is 0.0322 e. The molecule has 1 saturated heterocycles. The maximum Gasteiger partial charge on any atom is 0.0322 e. The van der Waals surface area contributed by atoms with Crippen LogP contribution in [0.3, 0.4) is 0 Å². The highest BCUT2D eigenvalue weighted by atomic mass is 15.0.